The van der Waals surface area contributed by atoms with Gasteiger partial charge >= 0.3 is 0 Å². The zero-order valence-electron chi connectivity index (χ0n) is 13.9. The van der Waals surface area contributed by atoms with Crippen LogP contribution in [0, 0.1) is 12.7 Å². The second-order valence-electron chi connectivity index (χ2n) is 6.30. The summed E-state index contributed by atoms with van der Waals surface area (Å²) in [6.07, 6.45) is 1.83. The summed E-state index contributed by atoms with van der Waals surface area (Å²) in [4.78, 5) is 3.26. The molecule has 1 saturated carbocycles. The van der Waals surface area contributed by atoms with Crippen molar-refractivity contribution in [3.8, 4) is 5.75 Å². The van der Waals surface area contributed by atoms with Crippen LogP contribution in [0.15, 0.2) is 24.3 Å². The van der Waals surface area contributed by atoms with Crippen molar-refractivity contribution in [1.29, 1.82) is 0 Å². The molecule has 1 heterocycles. The van der Waals surface area contributed by atoms with Crippen molar-refractivity contribution in [1.82, 2.24) is 14.5 Å². The van der Waals surface area contributed by atoms with Gasteiger partial charge in [0.2, 0.25) is 0 Å². The maximum atomic E-state index is 13.0. The molecule has 0 radical (unpaired) electrons. The first-order chi connectivity index (χ1) is 11.5. The first-order valence-electron chi connectivity index (χ1n) is 8.13. The van der Waals surface area contributed by atoms with Gasteiger partial charge in [-0.2, -0.15) is 0 Å². The minimum absolute atomic E-state index is 0.0192. The molecule has 5 nitrogen and oxygen atoms in total. The Morgan fingerprint density at radius 2 is 2.08 bits per heavy atom. The number of ether oxygens (including phenoxy) is 1. The Morgan fingerprint density at radius 1 is 1.33 bits per heavy atom. The van der Waals surface area contributed by atoms with Gasteiger partial charge in [-0.25, -0.2) is 4.39 Å². The number of aliphatic hydroxyl groups is 1. The van der Waals surface area contributed by atoms with Gasteiger partial charge < -0.3 is 9.84 Å². The van der Waals surface area contributed by atoms with Gasteiger partial charge in [-0.05, 0) is 69.0 Å². The molecule has 7 heteroatoms. The Bertz CT molecular complexity index is 664. The summed E-state index contributed by atoms with van der Waals surface area (Å²) in [6.45, 7) is 2.67. The van der Waals surface area contributed by atoms with Gasteiger partial charge in [0, 0.05) is 12.6 Å². The lowest BCUT2D eigenvalue weighted by Gasteiger charge is -2.39. The van der Waals surface area contributed by atoms with Gasteiger partial charge in [0.25, 0.3) is 0 Å². The van der Waals surface area contributed by atoms with Crippen LogP contribution in [-0.4, -0.2) is 44.9 Å². The lowest BCUT2D eigenvalue weighted by molar-refractivity contribution is -0.0490. The first kappa shape index (κ1) is 17.3. The van der Waals surface area contributed by atoms with Crippen molar-refractivity contribution in [3.63, 3.8) is 0 Å². The van der Waals surface area contributed by atoms with E-state index in [0.717, 1.165) is 29.8 Å². The van der Waals surface area contributed by atoms with Crippen LogP contribution in [0.1, 0.15) is 29.8 Å². The summed E-state index contributed by atoms with van der Waals surface area (Å²) < 4.78 is 22.9. The van der Waals surface area contributed by atoms with Gasteiger partial charge in [-0.1, -0.05) is 4.49 Å². The molecule has 0 saturated heterocycles. The normalized spacial score (nSPS) is 24.3. The molecule has 1 N–H and O–H groups in total. The predicted molar refractivity (Wildman–Crippen MR) is 90.6 cm³/mol. The predicted octanol–water partition coefficient (Wildman–Crippen LogP) is 2.78. The Morgan fingerprint density at radius 3 is 2.75 bits per heavy atom. The second kappa shape index (κ2) is 7.55. The van der Waals surface area contributed by atoms with E-state index in [-0.39, 0.29) is 18.0 Å². The summed E-state index contributed by atoms with van der Waals surface area (Å²) in [5.74, 6) is 0.295. The number of hydrogen-bond donors (Lipinski definition) is 1. The summed E-state index contributed by atoms with van der Waals surface area (Å²) in [5, 5.41) is 14.8. The van der Waals surface area contributed by atoms with E-state index < -0.39 is 6.10 Å². The third-order valence-electron chi connectivity index (χ3n) is 4.57. The number of likely N-dealkylation sites (N-methyl/N-ethyl adjacent to an activating group) is 1. The number of rotatable bonds is 5. The number of aromatic nitrogens is 2. The SMILES string of the molecule is Cc1nnsc1CN(C)[C@H]1CCC[C@@H](Oc2ccc(F)cc2)[C@@H]1O. The molecule has 130 valence electrons. The molecule has 1 aromatic carbocycles. The Kier molecular flexibility index (Phi) is 5.43. The van der Waals surface area contributed by atoms with Crippen LogP contribution in [0.25, 0.3) is 0 Å². The summed E-state index contributed by atoms with van der Waals surface area (Å²) >= 11 is 1.40. The number of hydrogen-bond acceptors (Lipinski definition) is 6. The van der Waals surface area contributed by atoms with Gasteiger partial charge in [0.1, 0.15) is 23.8 Å². The molecule has 0 bridgehead atoms. The smallest absolute Gasteiger partial charge is 0.126 e. The van der Waals surface area contributed by atoms with Crippen LogP contribution in [0.3, 0.4) is 0 Å². The zero-order chi connectivity index (χ0) is 17.1. The quantitative estimate of drug-likeness (QED) is 0.898. The van der Waals surface area contributed by atoms with E-state index in [1.165, 1.54) is 23.7 Å². The molecule has 1 aromatic heterocycles. The molecule has 0 aliphatic heterocycles. The summed E-state index contributed by atoms with van der Waals surface area (Å²) in [6, 6.07) is 5.95. The fourth-order valence-corrected chi connectivity index (χ4v) is 3.85. The monoisotopic (exact) mass is 351 g/mol. The van der Waals surface area contributed by atoms with Gasteiger partial charge in [0.05, 0.1) is 10.6 Å². The molecular formula is C17H22FN3O2S. The van der Waals surface area contributed by atoms with Gasteiger partial charge in [-0.15, -0.1) is 5.10 Å². The van der Waals surface area contributed by atoms with Crippen LogP contribution in [0.5, 0.6) is 5.75 Å². The van der Waals surface area contributed by atoms with Crippen molar-refractivity contribution < 1.29 is 14.2 Å². The third kappa shape index (κ3) is 3.91. The molecule has 1 aliphatic carbocycles. The van der Waals surface area contributed by atoms with Crippen molar-refractivity contribution in [2.24, 2.45) is 0 Å². The van der Waals surface area contributed by atoms with Crippen LogP contribution in [0.2, 0.25) is 0 Å². The lowest BCUT2D eigenvalue weighted by Crippen LogP contribution is -2.51. The lowest BCUT2D eigenvalue weighted by atomic mass is 9.89. The van der Waals surface area contributed by atoms with Crippen LogP contribution >= 0.6 is 11.5 Å². The van der Waals surface area contributed by atoms with E-state index >= 15 is 0 Å². The Balaban J connectivity index is 1.64. The van der Waals surface area contributed by atoms with Crippen LogP contribution < -0.4 is 4.74 Å². The van der Waals surface area contributed by atoms with Gasteiger partial charge in [-0.3, -0.25) is 4.90 Å². The summed E-state index contributed by atoms with van der Waals surface area (Å²) in [5.41, 5.74) is 0.941. The molecule has 3 rings (SSSR count). The van der Waals surface area contributed by atoms with Crippen molar-refractivity contribution in [3.05, 3.63) is 40.7 Å². The maximum Gasteiger partial charge on any atom is 0.126 e. The molecule has 0 unspecified atom stereocenters. The first-order valence-corrected chi connectivity index (χ1v) is 8.90. The van der Waals surface area contributed by atoms with E-state index in [4.69, 9.17) is 4.74 Å². The van der Waals surface area contributed by atoms with E-state index in [9.17, 15) is 9.50 Å². The highest BCUT2D eigenvalue weighted by molar-refractivity contribution is 7.05. The minimum atomic E-state index is -0.588. The second-order valence-corrected chi connectivity index (χ2v) is 7.13. The van der Waals surface area contributed by atoms with E-state index in [1.807, 2.05) is 14.0 Å². The molecule has 1 aliphatic rings. The average Bonchev–Trinajstić information content (AvgIpc) is 2.96. The Hall–Kier alpha value is -1.57. The molecule has 0 spiro atoms. The van der Waals surface area contributed by atoms with Crippen molar-refractivity contribution in [2.75, 3.05) is 7.05 Å². The topological polar surface area (TPSA) is 58.5 Å². The van der Waals surface area contributed by atoms with Crippen molar-refractivity contribution >= 4 is 11.5 Å². The number of benzene rings is 1. The zero-order valence-corrected chi connectivity index (χ0v) is 14.7. The highest BCUT2D eigenvalue weighted by Gasteiger charge is 2.35. The number of halogens is 1. The highest BCUT2D eigenvalue weighted by atomic mass is 32.1. The number of aliphatic hydroxyl groups excluding tert-OH is 1. The largest absolute Gasteiger partial charge is 0.488 e. The third-order valence-corrected chi connectivity index (χ3v) is 5.38. The van der Waals surface area contributed by atoms with Crippen LogP contribution in [0.4, 0.5) is 4.39 Å². The maximum absolute atomic E-state index is 13.0. The van der Waals surface area contributed by atoms with Crippen molar-refractivity contribution in [2.45, 2.75) is 51.0 Å². The van der Waals surface area contributed by atoms with E-state index in [0.29, 0.717) is 12.3 Å². The minimum Gasteiger partial charge on any atom is -0.488 e. The molecule has 0 amide bonds. The Labute approximate surface area is 145 Å². The van der Waals surface area contributed by atoms with E-state index in [2.05, 4.69) is 14.5 Å². The average molecular weight is 351 g/mol. The highest BCUT2D eigenvalue weighted by Crippen LogP contribution is 2.28. The molecule has 24 heavy (non-hydrogen) atoms. The molecule has 2 aromatic rings. The molecular weight excluding hydrogens is 329 g/mol. The fraction of sp³-hybridized carbons (Fsp3) is 0.529. The molecule has 3 atom stereocenters. The standard InChI is InChI=1S/C17H22FN3O2S/c1-11-16(24-20-19-11)10-21(2)14-4-3-5-15(17(14)22)23-13-8-6-12(18)7-9-13/h6-9,14-15,17,22H,3-5,10H2,1-2H3/t14-,15+,17+/m0/s1. The number of aryl methyl sites for hydroxylation is 1. The fourth-order valence-electron chi connectivity index (χ4n) is 3.15. The van der Waals surface area contributed by atoms with Crippen LogP contribution in [-0.2, 0) is 6.54 Å². The molecule has 1 fully saturated rings. The van der Waals surface area contributed by atoms with Gasteiger partial charge in [0.15, 0.2) is 0 Å². The van der Waals surface area contributed by atoms with E-state index in [1.54, 1.807) is 12.1 Å². The number of nitrogens with zero attached hydrogens (tertiary/aromatic N) is 3. The summed E-state index contributed by atoms with van der Waals surface area (Å²) in [7, 11) is 2.01.